The number of H-pyrrole nitrogens is 1. The van der Waals surface area contributed by atoms with E-state index in [9.17, 15) is 4.79 Å². The predicted molar refractivity (Wildman–Crippen MR) is 90.8 cm³/mol. The summed E-state index contributed by atoms with van der Waals surface area (Å²) in [5.41, 5.74) is 8.32. The minimum absolute atomic E-state index is 0.153. The normalized spacial score (nSPS) is 23.2. The summed E-state index contributed by atoms with van der Waals surface area (Å²) < 4.78 is 0. The number of hydrogen-bond donors (Lipinski definition) is 3. The fourth-order valence-electron chi connectivity index (χ4n) is 2.94. The number of oxime groups is 1. The molecule has 3 rings (SSSR count). The number of nitrogens with one attached hydrogen (secondary N) is 2. The van der Waals surface area contributed by atoms with Gasteiger partial charge in [-0.15, -0.1) is 0 Å². The van der Waals surface area contributed by atoms with E-state index in [2.05, 4.69) is 15.5 Å². The molecular weight excluding hydrogens is 316 g/mol. The quantitative estimate of drug-likeness (QED) is 0.753. The van der Waals surface area contributed by atoms with Gasteiger partial charge in [-0.05, 0) is 43.5 Å². The molecule has 1 heterocycles. The highest BCUT2D eigenvalue weighted by Gasteiger charge is 2.29. The average Bonchev–Trinajstić information content (AvgIpc) is 2.94. The number of nitrogens with zero attached hydrogens (tertiary/aromatic N) is 1. The van der Waals surface area contributed by atoms with E-state index in [1.54, 1.807) is 12.1 Å². The molecule has 2 atom stereocenters. The first kappa shape index (κ1) is 15.8. The molecule has 6 nitrogen and oxygen atoms in total. The van der Waals surface area contributed by atoms with E-state index >= 15 is 0 Å². The molecule has 7 heteroatoms. The zero-order valence-corrected chi connectivity index (χ0v) is 13.6. The van der Waals surface area contributed by atoms with Crippen molar-refractivity contribution >= 4 is 34.1 Å². The number of halogens is 1. The molecule has 122 valence electrons. The molecule has 1 aromatic heterocycles. The third-order valence-electron chi connectivity index (χ3n) is 4.12. The maximum Gasteiger partial charge on any atom is 0.268 e. The third-order valence-corrected chi connectivity index (χ3v) is 4.35. The van der Waals surface area contributed by atoms with Crippen LogP contribution in [0.2, 0.25) is 5.02 Å². The highest BCUT2D eigenvalue weighted by molar-refractivity contribution is 6.31. The Balaban J connectivity index is 1.76. The summed E-state index contributed by atoms with van der Waals surface area (Å²) >= 11 is 5.97. The van der Waals surface area contributed by atoms with Crippen LogP contribution in [-0.4, -0.2) is 35.8 Å². The average molecular weight is 335 g/mol. The fraction of sp³-hybridized carbons (Fsp3) is 0.375. The van der Waals surface area contributed by atoms with Crippen molar-refractivity contribution in [3.05, 3.63) is 35.0 Å². The van der Waals surface area contributed by atoms with Gasteiger partial charge in [0, 0.05) is 22.0 Å². The Kier molecular flexibility index (Phi) is 4.54. The Morgan fingerprint density at radius 3 is 3.09 bits per heavy atom. The lowest BCUT2D eigenvalue weighted by atomic mass is 9.89. The molecular formula is C16H19ClN4O2. The van der Waals surface area contributed by atoms with Crippen molar-refractivity contribution < 1.29 is 9.63 Å². The van der Waals surface area contributed by atoms with Gasteiger partial charge in [0.05, 0.1) is 11.8 Å². The molecule has 23 heavy (non-hydrogen) atoms. The van der Waals surface area contributed by atoms with Crippen molar-refractivity contribution in [2.45, 2.75) is 31.3 Å². The molecule has 0 bridgehead atoms. The van der Waals surface area contributed by atoms with Crippen molar-refractivity contribution in [3.8, 4) is 0 Å². The van der Waals surface area contributed by atoms with Crippen LogP contribution in [0.4, 0.5) is 0 Å². The number of hydrogen-bond acceptors (Lipinski definition) is 4. The third kappa shape index (κ3) is 3.33. The minimum Gasteiger partial charge on any atom is -0.399 e. The number of rotatable bonds is 3. The first-order chi connectivity index (χ1) is 11.1. The van der Waals surface area contributed by atoms with Crippen molar-refractivity contribution in [3.63, 3.8) is 0 Å². The minimum atomic E-state index is -0.327. The zero-order chi connectivity index (χ0) is 16.4. The molecule has 1 amide bonds. The number of nitrogens with two attached hydrogens (primary N) is 1. The first-order valence-electron chi connectivity index (χ1n) is 7.53. The van der Waals surface area contributed by atoms with E-state index in [4.69, 9.17) is 22.2 Å². The standard InChI is InChI=1S/C16H19ClN4O2/c1-23-21-13-4-2-3-12(15(13)18)20-16(22)14-8-9-7-10(17)5-6-11(9)19-14/h5-8,12,15,19H,2-4,18H2,1H3,(H,20,22)/t12-,15+/m1/s1. The lowest BCUT2D eigenvalue weighted by Gasteiger charge is -2.30. The van der Waals surface area contributed by atoms with E-state index in [0.717, 1.165) is 35.9 Å². The fourth-order valence-corrected chi connectivity index (χ4v) is 3.12. The molecule has 0 aliphatic heterocycles. The van der Waals surface area contributed by atoms with Gasteiger partial charge in [-0.2, -0.15) is 0 Å². The van der Waals surface area contributed by atoms with E-state index in [1.165, 1.54) is 7.11 Å². The summed E-state index contributed by atoms with van der Waals surface area (Å²) in [5.74, 6) is -0.184. The topological polar surface area (TPSA) is 92.5 Å². The lowest BCUT2D eigenvalue weighted by Crippen LogP contribution is -2.54. The number of amides is 1. The molecule has 0 radical (unpaired) electrons. The van der Waals surface area contributed by atoms with Gasteiger partial charge in [0.15, 0.2) is 0 Å². The largest absolute Gasteiger partial charge is 0.399 e. The molecule has 1 saturated carbocycles. The highest BCUT2D eigenvalue weighted by Crippen LogP contribution is 2.21. The molecule has 0 spiro atoms. The summed E-state index contributed by atoms with van der Waals surface area (Å²) in [7, 11) is 1.50. The van der Waals surface area contributed by atoms with Gasteiger partial charge < -0.3 is 20.9 Å². The van der Waals surface area contributed by atoms with Gasteiger partial charge >= 0.3 is 0 Å². The van der Waals surface area contributed by atoms with Gasteiger partial charge in [0.1, 0.15) is 12.8 Å². The second kappa shape index (κ2) is 6.60. The smallest absolute Gasteiger partial charge is 0.268 e. The Labute approximate surface area is 139 Å². The second-order valence-electron chi connectivity index (χ2n) is 5.68. The summed E-state index contributed by atoms with van der Waals surface area (Å²) in [6, 6.07) is 6.76. The molecule has 1 aliphatic rings. The van der Waals surface area contributed by atoms with Crippen LogP contribution >= 0.6 is 11.6 Å². The number of aromatic amines is 1. The summed E-state index contributed by atoms with van der Waals surface area (Å²) in [4.78, 5) is 20.4. The number of carbonyl (C=O) groups excluding carboxylic acids is 1. The first-order valence-corrected chi connectivity index (χ1v) is 7.91. The number of benzene rings is 1. The summed E-state index contributed by atoms with van der Waals surface area (Å²) in [5, 5.41) is 8.48. The molecule has 4 N–H and O–H groups in total. The molecule has 2 aromatic rings. The number of carbonyl (C=O) groups is 1. The monoisotopic (exact) mass is 334 g/mol. The SMILES string of the molecule is CON=C1CCC[C@@H](NC(=O)c2cc3cc(Cl)ccc3[nH]2)[C@@H]1N. The van der Waals surface area contributed by atoms with Crippen molar-refractivity contribution in [2.24, 2.45) is 10.9 Å². The Morgan fingerprint density at radius 1 is 1.48 bits per heavy atom. The van der Waals surface area contributed by atoms with E-state index in [-0.39, 0.29) is 18.0 Å². The van der Waals surface area contributed by atoms with Gasteiger partial charge in [0.25, 0.3) is 5.91 Å². The van der Waals surface area contributed by atoms with Gasteiger partial charge in [0.2, 0.25) is 0 Å². The molecule has 0 unspecified atom stereocenters. The summed E-state index contributed by atoms with van der Waals surface area (Å²) in [6.07, 6.45) is 2.54. The molecule has 1 aromatic carbocycles. The summed E-state index contributed by atoms with van der Waals surface area (Å²) in [6.45, 7) is 0. The second-order valence-corrected chi connectivity index (χ2v) is 6.11. The van der Waals surface area contributed by atoms with Crippen molar-refractivity contribution in [1.82, 2.24) is 10.3 Å². The molecule has 1 fully saturated rings. The van der Waals surface area contributed by atoms with Crippen LogP contribution in [0.3, 0.4) is 0 Å². The Morgan fingerprint density at radius 2 is 2.30 bits per heavy atom. The van der Waals surface area contributed by atoms with Gasteiger partial charge in [-0.3, -0.25) is 4.79 Å². The highest BCUT2D eigenvalue weighted by atomic mass is 35.5. The van der Waals surface area contributed by atoms with Crippen LogP contribution in [0.25, 0.3) is 10.9 Å². The van der Waals surface area contributed by atoms with Crippen molar-refractivity contribution in [2.75, 3.05) is 7.11 Å². The Bertz CT molecular complexity index is 756. The lowest BCUT2D eigenvalue weighted by molar-refractivity contribution is 0.0926. The maximum atomic E-state index is 12.5. The van der Waals surface area contributed by atoms with Crippen LogP contribution in [0.5, 0.6) is 0 Å². The van der Waals surface area contributed by atoms with Gasteiger partial charge in [-0.25, -0.2) is 0 Å². The molecule has 1 aliphatic carbocycles. The van der Waals surface area contributed by atoms with E-state index < -0.39 is 0 Å². The number of aromatic nitrogens is 1. The molecule has 0 saturated heterocycles. The van der Waals surface area contributed by atoms with E-state index in [0.29, 0.717) is 10.7 Å². The van der Waals surface area contributed by atoms with E-state index in [1.807, 2.05) is 12.1 Å². The van der Waals surface area contributed by atoms with Crippen LogP contribution in [-0.2, 0) is 4.84 Å². The van der Waals surface area contributed by atoms with Crippen LogP contribution in [0.15, 0.2) is 29.4 Å². The van der Waals surface area contributed by atoms with Crippen molar-refractivity contribution in [1.29, 1.82) is 0 Å². The zero-order valence-electron chi connectivity index (χ0n) is 12.8. The Hall–Kier alpha value is -2.05. The van der Waals surface area contributed by atoms with Crippen LogP contribution in [0.1, 0.15) is 29.8 Å². The van der Waals surface area contributed by atoms with Gasteiger partial charge in [-0.1, -0.05) is 16.8 Å². The maximum absolute atomic E-state index is 12.5. The number of fused-ring (bicyclic) bond motifs is 1. The van der Waals surface area contributed by atoms with Crippen LogP contribution in [0, 0.1) is 0 Å². The van der Waals surface area contributed by atoms with Crippen LogP contribution < -0.4 is 11.1 Å². The predicted octanol–water partition coefficient (Wildman–Crippen LogP) is 2.43.